The van der Waals surface area contributed by atoms with Gasteiger partial charge in [0.25, 0.3) is 5.91 Å². The number of rotatable bonds is 11. The van der Waals surface area contributed by atoms with Crippen LogP contribution in [0.2, 0.25) is 5.02 Å². The maximum absolute atomic E-state index is 14.4. The molecule has 3 fully saturated rings. The summed E-state index contributed by atoms with van der Waals surface area (Å²) in [4.78, 5) is 60.7. The number of halogens is 1. The summed E-state index contributed by atoms with van der Waals surface area (Å²) in [5.74, 6) is -1.88. The molecule has 1 aromatic heterocycles. The van der Waals surface area contributed by atoms with Gasteiger partial charge in [-0.25, -0.2) is 18.2 Å². The molecule has 3 N–H and O–H groups in total. The number of benzene rings is 1. The van der Waals surface area contributed by atoms with Crippen LogP contribution < -0.4 is 24.8 Å². The lowest BCUT2D eigenvalue weighted by atomic mass is 9.85. The Bertz CT molecular complexity index is 1850. The predicted octanol–water partition coefficient (Wildman–Crippen LogP) is 3.85. The molecule has 278 valence electrons. The SMILES string of the molecule is C=CC1CC1(NC(=O)C1CC(Oc2ncc(Cl)c3cc(OC)ccc23)CN1C(=O)C(NC(=O)OC(C)(C)C)C(C)(C)C)C(=O)NS(=O)(=O)C1CC1. The number of fused-ring (bicyclic) bond motifs is 1. The lowest BCUT2D eigenvalue weighted by molar-refractivity contribution is -0.143. The first-order valence-electron chi connectivity index (χ1n) is 16.8. The maximum Gasteiger partial charge on any atom is 0.408 e. The van der Waals surface area contributed by atoms with Gasteiger partial charge in [0.2, 0.25) is 27.7 Å². The number of carbonyl (C=O) groups excluding carboxylic acids is 4. The highest BCUT2D eigenvalue weighted by molar-refractivity contribution is 7.91. The molecule has 1 saturated heterocycles. The Morgan fingerprint density at radius 3 is 2.37 bits per heavy atom. The number of alkyl carbamates (subject to hydrolysis) is 1. The van der Waals surface area contributed by atoms with Gasteiger partial charge in [-0.3, -0.25) is 19.1 Å². The van der Waals surface area contributed by atoms with Crippen LogP contribution in [0.5, 0.6) is 11.6 Å². The van der Waals surface area contributed by atoms with Crippen LogP contribution in [0.1, 0.15) is 67.2 Å². The molecule has 2 aliphatic carbocycles. The zero-order chi connectivity index (χ0) is 37.7. The number of hydrogen-bond donors (Lipinski definition) is 3. The lowest BCUT2D eigenvalue weighted by Crippen LogP contribution is -2.60. The highest BCUT2D eigenvalue weighted by Crippen LogP contribution is 2.45. The van der Waals surface area contributed by atoms with E-state index in [4.69, 9.17) is 25.8 Å². The van der Waals surface area contributed by atoms with E-state index in [1.54, 1.807) is 59.7 Å². The average Bonchev–Trinajstić information content (AvgIpc) is 3.96. The summed E-state index contributed by atoms with van der Waals surface area (Å²) in [6, 6.07) is 2.89. The first-order chi connectivity index (χ1) is 23.7. The van der Waals surface area contributed by atoms with Crippen molar-refractivity contribution in [1.82, 2.24) is 25.2 Å². The Morgan fingerprint density at radius 2 is 1.80 bits per heavy atom. The number of hydrogen-bond acceptors (Lipinski definition) is 10. The molecule has 0 radical (unpaired) electrons. The number of sulfonamides is 1. The Hall–Kier alpha value is -4.11. The third-order valence-electron chi connectivity index (χ3n) is 9.16. The minimum Gasteiger partial charge on any atom is -0.497 e. The van der Waals surface area contributed by atoms with Crippen molar-refractivity contribution >= 4 is 56.2 Å². The van der Waals surface area contributed by atoms with E-state index in [1.807, 2.05) is 0 Å². The topological polar surface area (TPSA) is 182 Å². The number of carbonyl (C=O) groups is 4. The van der Waals surface area contributed by atoms with Gasteiger partial charge < -0.3 is 29.7 Å². The van der Waals surface area contributed by atoms with E-state index in [1.165, 1.54) is 24.3 Å². The quantitative estimate of drug-likeness (QED) is 0.286. The molecule has 4 amide bonds. The molecule has 1 aliphatic heterocycles. The Morgan fingerprint density at radius 1 is 1.12 bits per heavy atom. The molecule has 3 aliphatic rings. The van der Waals surface area contributed by atoms with Crippen molar-refractivity contribution in [1.29, 1.82) is 0 Å². The van der Waals surface area contributed by atoms with Gasteiger partial charge in [-0.15, -0.1) is 6.58 Å². The van der Waals surface area contributed by atoms with Crippen LogP contribution >= 0.6 is 11.6 Å². The van der Waals surface area contributed by atoms with Crippen molar-refractivity contribution in [3.8, 4) is 11.6 Å². The van der Waals surface area contributed by atoms with E-state index >= 15 is 0 Å². The third kappa shape index (κ3) is 8.35. The molecule has 1 aromatic carbocycles. The second-order valence-electron chi connectivity index (χ2n) is 15.4. The third-order valence-corrected chi connectivity index (χ3v) is 11.3. The van der Waals surface area contributed by atoms with Crippen molar-refractivity contribution in [3.63, 3.8) is 0 Å². The van der Waals surface area contributed by atoms with Crippen molar-refractivity contribution < 1.29 is 41.8 Å². The fraction of sp³-hybridized carbons (Fsp3) is 0.571. The van der Waals surface area contributed by atoms with Gasteiger partial charge >= 0.3 is 6.09 Å². The van der Waals surface area contributed by atoms with E-state index in [0.29, 0.717) is 34.4 Å². The molecule has 2 heterocycles. The first kappa shape index (κ1) is 38.1. The largest absolute Gasteiger partial charge is 0.497 e. The highest BCUT2D eigenvalue weighted by Gasteiger charge is 2.62. The van der Waals surface area contributed by atoms with Crippen LogP contribution in [0.4, 0.5) is 4.79 Å². The van der Waals surface area contributed by atoms with Crippen LogP contribution in [0, 0.1) is 11.3 Å². The maximum atomic E-state index is 14.4. The zero-order valence-electron chi connectivity index (χ0n) is 29.9. The van der Waals surface area contributed by atoms with Gasteiger partial charge in [-0.1, -0.05) is 38.4 Å². The van der Waals surface area contributed by atoms with Gasteiger partial charge in [-0.2, -0.15) is 0 Å². The summed E-state index contributed by atoms with van der Waals surface area (Å²) in [6.07, 6.45) is 2.36. The predicted molar refractivity (Wildman–Crippen MR) is 190 cm³/mol. The van der Waals surface area contributed by atoms with Gasteiger partial charge in [0.1, 0.15) is 35.1 Å². The number of aromatic nitrogens is 1. The smallest absolute Gasteiger partial charge is 0.408 e. The van der Waals surface area contributed by atoms with E-state index in [9.17, 15) is 27.6 Å². The van der Waals surface area contributed by atoms with Crippen LogP contribution in [0.3, 0.4) is 0 Å². The normalized spacial score (nSPS) is 23.9. The Balaban J connectivity index is 1.46. The van der Waals surface area contributed by atoms with E-state index < -0.39 is 79.7 Å². The minimum atomic E-state index is -3.91. The van der Waals surface area contributed by atoms with E-state index in [-0.39, 0.29) is 25.3 Å². The minimum absolute atomic E-state index is 0.0142. The van der Waals surface area contributed by atoms with Gasteiger partial charge in [0.15, 0.2) is 0 Å². The van der Waals surface area contributed by atoms with Crippen LogP contribution in [0.15, 0.2) is 37.1 Å². The molecule has 2 aromatic rings. The van der Waals surface area contributed by atoms with Crippen LogP contribution in [0.25, 0.3) is 10.8 Å². The number of ether oxygens (including phenoxy) is 3. The number of amides is 4. The van der Waals surface area contributed by atoms with Crippen LogP contribution in [-0.4, -0.2) is 90.3 Å². The van der Waals surface area contributed by atoms with E-state index in [2.05, 4.69) is 26.9 Å². The molecule has 5 rings (SSSR count). The number of methoxy groups -OCH3 is 1. The van der Waals surface area contributed by atoms with Crippen molar-refractivity contribution in [2.24, 2.45) is 11.3 Å². The van der Waals surface area contributed by atoms with Crippen molar-refractivity contribution in [2.75, 3.05) is 13.7 Å². The summed E-state index contributed by atoms with van der Waals surface area (Å²) in [6.45, 7) is 14.1. The molecule has 5 atom stereocenters. The second kappa shape index (κ2) is 13.8. The summed E-state index contributed by atoms with van der Waals surface area (Å²) >= 11 is 6.44. The summed E-state index contributed by atoms with van der Waals surface area (Å²) in [7, 11) is -2.38. The number of pyridine rings is 1. The van der Waals surface area contributed by atoms with Gasteiger partial charge in [-0.05, 0) is 63.6 Å². The van der Waals surface area contributed by atoms with Crippen molar-refractivity contribution in [3.05, 3.63) is 42.1 Å². The fourth-order valence-corrected chi connectivity index (χ4v) is 7.74. The molecule has 5 unspecified atom stereocenters. The molecule has 16 heteroatoms. The molecule has 51 heavy (non-hydrogen) atoms. The monoisotopic (exact) mass is 747 g/mol. The Labute approximate surface area is 303 Å². The standard InChI is InChI=1S/C35H46ClN5O9S/c1-9-19-16-35(19,31(44)40-51(46,47)22-11-12-22)39-28(42)26-15-21(49-29-23-13-10-20(48-8)14-24(23)25(36)17-37-29)18-41(26)30(43)27(33(2,3)4)38-32(45)50-34(5,6)7/h9-10,13-14,17,19,21-22,26-27H,1,11-12,15-16,18H2,2-8H3,(H,38,45)(H,39,42)(H,40,44). The zero-order valence-corrected chi connectivity index (χ0v) is 31.4. The molecular formula is C35H46ClN5O9S. The fourth-order valence-electron chi connectivity index (χ4n) is 6.17. The number of likely N-dealkylation sites (tertiary alicyclic amines) is 1. The molecule has 0 spiro atoms. The Kier molecular flexibility index (Phi) is 10.3. The molecule has 2 saturated carbocycles. The molecule has 0 bridgehead atoms. The summed E-state index contributed by atoms with van der Waals surface area (Å²) in [5.41, 5.74) is -3.24. The van der Waals surface area contributed by atoms with Gasteiger partial charge in [0, 0.05) is 23.1 Å². The van der Waals surface area contributed by atoms with E-state index in [0.717, 1.165) is 0 Å². The highest BCUT2D eigenvalue weighted by atomic mass is 35.5. The molecular weight excluding hydrogens is 702 g/mol. The molecule has 14 nitrogen and oxygen atoms in total. The number of nitrogens with zero attached hydrogens (tertiary/aromatic N) is 2. The van der Waals surface area contributed by atoms with Crippen LogP contribution in [-0.2, 0) is 29.1 Å². The summed E-state index contributed by atoms with van der Waals surface area (Å²) < 4.78 is 44.6. The number of nitrogens with one attached hydrogen (secondary N) is 3. The van der Waals surface area contributed by atoms with Crippen molar-refractivity contribution in [2.45, 2.75) is 102 Å². The second-order valence-corrected chi connectivity index (χ2v) is 17.8. The summed E-state index contributed by atoms with van der Waals surface area (Å²) in [5, 5.41) is 6.36. The first-order valence-corrected chi connectivity index (χ1v) is 18.7. The average molecular weight is 748 g/mol. The lowest BCUT2D eigenvalue weighted by Gasteiger charge is -2.36. The van der Waals surface area contributed by atoms with Gasteiger partial charge in [0.05, 0.1) is 30.1 Å².